The summed E-state index contributed by atoms with van der Waals surface area (Å²) in [5.41, 5.74) is 3.98. The molecule has 0 radical (unpaired) electrons. The van der Waals surface area contributed by atoms with E-state index in [0.29, 0.717) is 11.3 Å². The van der Waals surface area contributed by atoms with Crippen LogP contribution >= 0.6 is 0 Å². The zero-order valence-corrected chi connectivity index (χ0v) is 20.7. The molecule has 188 valence electrons. The van der Waals surface area contributed by atoms with Crippen LogP contribution in [0, 0.1) is 6.92 Å². The third-order valence-electron chi connectivity index (χ3n) is 5.11. The number of ether oxygens (including phenoxy) is 2. The van der Waals surface area contributed by atoms with Crippen molar-refractivity contribution in [2.45, 2.75) is 11.8 Å². The third kappa shape index (κ3) is 6.19. The number of nitrogens with one attached hydrogen (secondary N) is 1. The van der Waals surface area contributed by atoms with Crippen molar-refractivity contribution >= 4 is 33.8 Å². The maximum atomic E-state index is 13.6. The monoisotopic (exact) mass is 511 g/mol. The molecular formula is C25H25N3O7S. The Balaban J connectivity index is 1.89. The number of carboxylic acid groups (broad SMARTS) is 1. The fraction of sp³-hybridized carbons (Fsp3) is 0.160. The molecule has 2 N–H and O–H groups in total. The van der Waals surface area contributed by atoms with Crippen LogP contribution in [0.15, 0.2) is 76.7 Å². The molecule has 0 aromatic heterocycles. The molecule has 36 heavy (non-hydrogen) atoms. The number of aryl methyl sites for hydroxylation is 1. The van der Waals surface area contributed by atoms with E-state index in [1.165, 1.54) is 69.0 Å². The van der Waals surface area contributed by atoms with Gasteiger partial charge in [0.25, 0.3) is 15.9 Å². The lowest BCUT2D eigenvalue weighted by atomic mass is 10.1. The van der Waals surface area contributed by atoms with E-state index in [1.807, 2.05) is 6.92 Å². The van der Waals surface area contributed by atoms with E-state index in [9.17, 15) is 18.0 Å². The van der Waals surface area contributed by atoms with E-state index < -0.39 is 28.4 Å². The van der Waals surface area contributed by atoms with Gasteiger partial charge in [-0.3, -0.25) is 9.10 Å². The van der Waals surface area contributed by atoms with E-state index in [2.05, 4.69) is 10.5 Å². The largest absolute Gasteiger partial charge is 0.497 e. The van der Waals surface area contributed by atoms with E-state index in [-0.39, 0.29) is 21.9 Å². The first-order chi connectivity index (χ1) is 17.1. The highest BCUT2D eigenvalue weighted by Crippen LogP contribution is 2.35. The number of carbonyl (C=O) groups is 2. The Morgan fingerprint density at radius 3 is 2.25 bits per heavy atom. The number of benzene rings is 3. The molecule has 1 amide bonds. The molecule has 0 atom stereocenters. The second kappa shape index (κ2) is 11.4. The molecule has 0 spiro atoms. The number of carboxylic acids is 1. The van der Waals surface area contributed by atoms with Gasteiger partial charge in [0.05, 0.1) is 36.6 Å². The molecule has 0 aliphatic rings. The summed E-state index contributed by atoms with van der Waals surface area (Å²) in [6.07, 6.45) is 1.32. The number of hydrogen-bond acceptors (Lipinski definition) is 7. The van der Waals surface area contributed by atoms with Gasteiger partial charge in [0.1, 0.15) is 18.0 Å². The first kappa shape index (κ1) is 26.2. The van der Waals surface area contributed by atoms with Crippen molar-refractivity contribution in [1.82, 2.24) is 5.43 Å². The Bertz CT molecular complexity index is 1370. The Hall–Kier alpha value is -4.38. The summed E-state index contributed by atoms with van der Waals surface area (Å²) in [6.45, 7) is 1.25. The van der Waals surface area contributed by atoms with Crippen molar-refractivity contribution in [2.24, 2.45) is 5.10 Å². The van der Waals surface area contributed by atoms with E-state index >= 15 is 0 Å². The van der Waals surface area contributed by atoms with Crippen LogP contribution in [-0.2, 0) is 14.8 Å². The molecule has 0 aliphatic heterocycles. The molecule has 0 bridgehead atoms. The minimum absolute atomic E-state index is 0.000734. The summed E-state index contributed by atoms with van der Waals surface area (Å²) in [7, 11) is -1.31. The molecule has 3 aromatic rings. The second-order valence-corrected chi connectivity index (χ2v) is 9.45. The number of aromatic carboxylic acids is 1. The van der Waals surface area contributed by atoms with Gasteiger partial charge in [0.15, 0.2) is 0 Å². The van der Waals surface area contributed by atoms with Crippen molar-refractivity contribution < 1.29 is 32.6 Å². The van der Waals surface area contributed by atoms with Crippen molar-refractivity contribution in [3.05, 3.63) is 83.4 Å². The highest BCUT2D eigenvalue weighted by atomic mass is 32.2. The first-order valence-corrected chi connectivity index (χ1v) is 12.1. The van der Waals surface area contributed by atoms with Crippen LogP contribution in [0.1, 0.15) is 21.5 Å². The van der Waals surface area contributed by atoms with Crippen LogP contribution in [-0.4, -0.2) is 52.4 Å². The Morgan fingerprint density at radius 1 is 1.00 bits per heavy atom. The topological polar surface area (TPSA) is 135 Å². The molecule has 0 unspecified atom stereocenters. The molecule has 0 saturated heterocycles. The fourth-order valence-electron chi connectivity index (χ4n) is 3.18. The zero-order chi connectivity index (χ0) is 26.3. The minimum Gasteiger partial charge on any atom is -0.497 e. The SMILES string of the molecule is COc1ccc(N(CC(=O)N/N=C\c2ccc(C(=O)O)cc2)S(=O)(=O)c2ccc(C)cc2)c(OC)c1. The molecular weight excluding hydrogens is 486 g/mol. The Morgan fingerprint density at radius 2 is 1.67 bits per heavy atom. The number of amides is 1. The predicted octanol–water partition coefficient (Wildman–Crippen LogP) is 3.06. The van der Waals surface area contributed by atoms with Gasteiger partial charge in [-0.05, 0) is 48.9 Å². The maximum absolute atomic E-state index is 13.6. The third-order valence-corrected chi connectivity index (χ3v) is 6.89. The molecule has 3 aromatic carbocycles. The minimum atomic E-state index is -4.16. The van der Waals surface area contributed by atoms with Crippen LogP contribution < -0.4 is 19.2 Å². The van der Waals surface area contributed by atoms with E-state index in [4.69, 9.17) is 14.6 Å². The van der Waals surface area contributed by atoms with Gasteiger partial charge in [-0.2, -0.15) is 5.10 Å². The summed E-state index contributed by atoms with van der Waals surface area (Å²) in [6, 6.07) is 16.7. The average Bonchev–Trinajstić information content (AvgIpc) is 2.87. The summed E-state index contributed by atoms with van der Waals surface area (Å²) >= 11 is 0. The Labute approximate surface area is 208 Å². The molecule has 10 nitrogen and oxygen atoms in total. The van der Waals surface area contributed by atoms with Crippen molar-refractivity contribution in [2.75, 3.05) is 25.1 Å². The maximum Gasteiger partial charge on any atom is 0.335 e. The quantitative estimate of drug-likeness (QED) is 0.316. The number of nitrogens with zero attached hydrogens (tertiary/aromatic N) is 2. The lowest BCUT2D eigenvalue weighted by Crippen LogP contribution is -2.39. The lowest BCUT2D eigenvalue weighted by Gasteiger charge is -2.25. The highest BCUT2D eigenvalue weighted by Gasteiger charge is 2.29. The molecule has 0 saturated carbocycles. The van der Waals surface area contributed by atoms with Crippen molar-refractivity contribution in [3.63, 3.8) is 0 Å². The van der Waals surface area contributed by atoms with Gasteiger partial charge >= 0.3 is 5.97 Å². The fourth-order valence-corrected chi connectivity index (χ4v) is 4.62. The lowest BCUT2D eigenvalue weighted by molar-refractivity contribution is -0.119. The normalized spacial score (nSPS) is 11.2. The predicted molar refractivity (Wildman–Crippen MR) is 134 cm³/mol. The van der Waals surface area contributed by atoms with E-state index in [0.717, 1.165) is 9.87 Å². The average molecular weight is 512 g/mol. The standard InChI is InChI=1S/C25H25N3O7S/c1-17-4-11-21(12-5-17)36(32,33)28(22-13-10-20(34-2)14-23(22)35-3)16-24(29)27-26-15-18-6-8-19(9-7-18)25(30)31/h4-15H,16H2,1-3H3,(H,27,29)(H,30,31)/b26-15-. The number of carbonyl (C=O) groups excluding carboxylic acids is 1. The molecule has 0 aliphatic carbocycles. The molecule has 3 rings (SSSR count). The molecule has 0 fully saturated rings. The number of anilines is 1. The van der Waals surface area contributed by atoms with Gasteiger partial charge in [0, 0.05) is 6.07 Å². The number of hydrazone groups is 1. The smallest absolute Gasteiger partial charge is 0.335 e. The van der Waals surface area contributed by atoms with E-state index in [1.54, 1.807) is 18.2 Å². The Kier molecular flexibility index (Phi) is 8.28. The summed E-state index contributed by atoms with van der Waals surface area (Å²) in [4.78, 5) is 23.7. The molecule has 11 heteroatoms. The van der Waals surface area contributed by atoms with Crippen LogP contribution in [0.5, 0.6) is 11.5 Å². The van der Waals surface area contributed by atoms with Crippen molar-refractivity contribution in [3.8, 4) is 11.5 Å². The molecule has 0 heterocycles. The number of rotatable bonds is 10. The van der Waals surface area contributed by atoms with Gasteiger partial charge < -0.3 is 14.6 Å². The second-order valence-electron chi connectivity index (χ2n) is 7.58. The summed E-state index contributed by atoms with van der Waals surface area (Å²) in [5, 5.41) is 12.8. The van der Waals surface area contributed by atoms with Crippen LogP contribution in [0.3, 0.4) is 0 Å². The first-order valence-electron chi connectivity index (χ1n) is 10.6. The highest BCUT2D eigenvalue weighted by molar-refractivity contribution is 7.92. The number of sulfonamides is 1. The number of methoxy groups -OCH3 is 2. The van der Waals surface area contributed by atoms with Gasteiger partial charge in [-0.15, -0.1) is 0 Å². The zero-order valence-electron chi connectivity index (χ0n) is 19.8. The number of hydrogen-bond donors (Lipinski definition) is 2. The van der Waals surface area contributed by atoms with Gasteiger partial charge in [-0.25, -0.2) is 18.6 Å². The van der Waals surface area contributed by atoms with Crippen LogP contribution in [0.25, 0.3) is 0 Å². The van der Waals surface area contributed by atoms with Crippen molar-refractivity contribution in [1.29, 1.82) is 0 Å². The van der Waals surface area contributed by atoms with Crippen LogP contribution in [0.4, 0.5) is 5.69 Å². The summed E-state index contributed by atoms with van der Waals surface area (Å²) < 4.78 is 38.6. The van der Waals surface area contributed by atoms with Crippen LogP contribution in [0.2, 0.25) is 0 Å². The summed E-state index contributed by atoms with van der Waals surface area (Å²) in [5.74, 6) is -1.12. The van der Waals surface area contributed by atoms with Gasteiger partial charge in [-0.1, -0.05) is 29.8 Å². The van der Waals surface area contributed by atoms with Gasteiger partial charge in [0.2, 0.25) is 0 Å².